The van der Waals surface area contributed by atoms with Crippen molar-refractivity contribution in [2.24, 2.45) is 0 Å². The SMILES string of the molecule is Cc1cccc(C(=O)C(C)Oc2ccc(Oc3ccc(C(F)(F)F)cn3)cc2)c1. The fourth-order valence-electron chi connectivity index (χ4n) is 2.61. The normalized spacial score (nSPS) is 12.3. The molecule has 3 aromatic rings. The van der Waals surface area contributed by atoms with Crippen molar-refractivity contribution in [3.05, 3.63) is 83.6 Å². The van der Waals surface area contributed by atoms with Crippen LogP contribution in [0.2, 0.25) is 0 Å². The molecule has 0 fully saturated rings. The van der Waals surface area contributed by atoms with Gasteiger partial charge in [0, 0.05) is 17.8 Å². The standard InChI is InChI=1S/C22H18F3NO3/c1-14-4-3-5-16(12-14)21(27)15(2)28-18-7-9-19(10-8-18)29-20-11-6-17(13-26-20)22(23,24)25/h3-13,15H,1-2H3. The molecule has 2 aromatic carbocycles. The molecule has 3 rings (SSSR count). The smallest absolute Gasteiger partial charge is 0.417 e. The van der Waals surface area contributed by atoms with Gasteiger partial charge in [0.2, 0.25) is 11.7 Å². The summed E-state index contributed by atoms with van der Waals surface area (Å²) < 4.78 is 48.8. The van der Waals surface area contributed by atoms with Crippen molar-refractivity contribution in [2.45, 2.75) is 26.1 Å². The maximum atomic E-state index is 12.6. The molecular weight excluding hydrogens is 383 g/mol. The van der Waals surface area contributed by atoms with E-state index >= 15 is 0 Å². The first-order valence-electron chi connectivity index (χ1n) is 8.81. The molecule has 0 amide bonds. The van der Waals surface area contributed by atoms with Crippen LogP contribution in [-0.2, 0) is 6.18 Å². The van der Waals surface area contributed by atoms with Crippen LogP contribution >= 0.6 is 0 Å². The maximum absolute atomic E-state index is 12.6. The number of aromatic nitrogens is 1. The zero-order valence-corrected chi connectivity index (χ0v) is 15.7. The minimum atomic E-state index is -4.45. The number of nitrogens with zero attached hydrogens (tertiary/aromatic N) is 1. The number of benzene rings is 2. The topological polar surface area (TPSA) is 48.4 Å². The van der Waals surface area contributed by atoms with Gasteiger partial charge in [-0.05, 0) is 50.2 Å². The molecule has 0 radical (unpaired) electrons. The first kappa shape index (κ1) is 20.4. The van der Waals surface area contributed by atoms with Gasteiger partial charge in [0.1, 0.15) is 11.5 Å². The third-order valence-corrected chi connectivity index (χ3v) is 4.09. The quantitative estimate of drug-likeness (QED) is 0.486. The second-order valence-corrected chi connectivity index (χ2v) is 6.45. The van der Waals surface area contributed by atoms with Crippen LogP contribution in [0.4, 0.5) is 13.2 Å². The first-order chi connectivity index (χ1) is 13.7. The molecule has 1 atom stereocenters. The monoisotopic (exact) mass is 401 g/mol. The zero-order chi connectivity index (χ0) is 21.0. The Hall–Kier alpha value is -3.35. The molecule has 1 heterocycles. The Bertz CT molecular complexity index is 983. The summed E-state index contributed by atoms with van der Waals surface area (Å²) in [6.45, 7) is 3.58. The summed E-state index contributed by atoms with van der Waals surface area (Å²) >= 11 is 0. The third-order valence-electron chi connectivity index (χ3n) is 4.09. The number of rotatable bonds is 6. The molecule has 0 spiro atoms. The number of carbonyl (C=O) groups is 1. The van der Waals surface area contributed by atoms with Gasteiger partial charge in [-0.25, -0.2) is 4.98 Å². The van der Waals surface area contributed by atoms with E-state index < -0.39 is 17.8 Å². The number of aryl methyl sites for hydroxylation is 1. The van der Waals surface area contributed by atoms with E-state index in [1.165, 1.54) is 0 Å². The minimum Gasteiger partial charge on any atom is -0.483 e. The lowest BCUT2D eigenvalue weighted by Crippen LogP contribution is -2.23. The van der Waals surface area contributed by atoms with Gasteiger partial charge in [-0.1, -0.05) is 23.8 Å². The van der Waals surface area contributed by atoms with Crippen LogP contribution in [0, 0.1) is 6.92 Å². The predicted octanol–water partition coefficient (Wildman–Crippen LogP) is 5.85. The molecule has 150 valence electrons. The Kier molecular flexibility index (Phi) is 5.87. The predicted molar refractivity (Wildman–Crippen MR) is 101 cm³/mol. The average Bonchev–Trinajstić information content (AvgIpc) is 2.68. The molecule has 7 heteroatoms. The number of halogens is 3. The second-order valence-electron chi connectivity index (χ2n) is 6.45. The average molecular weight is 401 g/mol. The summed E-state index contributed by atoms with van der Waals surface area (Å²) in [5, 5.41) is 0. The molecule has 0 aliphatic carbocycles. The molecule has 0 N–H and O–H groups in total. The largest absolute Gasteiger partial charge is 0.483 e. The lowest BCUT2D eigenvalue weighted by atomic mass is 10.0. The molecule has 0 saturated carbocycles. The molecular formula is C22H18F3NO3. The van der Waals surface area contributed by atoms with Crippen LogP contribution in [0.5, 0.6) is 17.4 Å². The number of carbonyl (C=O) groups excluding carboxylic acids is 1. The molecule has 4 nitrogen and oxygen atoms in total. The summed E-state index contributed by atoms with van der Waals surface area (Å²) in [5.74, 6) is 0.742. The van der Waals surface area contributed by atoms with Gasteiger partial charge in [-0.3, -0.25) is 4.79 Å². The highest BCUT2D eigenvalue weighted by molar-refractivity contribution is 5.99. The van der Waals surface area contributed by atoms with Crippen molar-refractivity contribution in [3.63, 3.8) is 0 Å². The van der Waals surface area contributed by atoms with Gasteiger partial charge in [-0.2, -0.15) is 13.2 Å². The lowest BCUT2D eigenvalue weighted by Gasteiger charge is -2.14. The van der Waals surface area contributed by atoms with Crippen LogP contribution < -0.4 is 9.47 Å². The van der Waals surface area contributed by atoms with Crippen molar-refractivity contribution in [1.82, 2.24) is 4.98 Å². The highest BCUT2D eigenvalue weighted by Crippen LogP contribution is 2.30. The summed E-state index contributed by atoms with van der Waals surface area (Å²) in [6.07, 6.45) is -4.41. The van der Waals surface area contributed by atoms with E-state index in [2.05, 4.69) is 4.98 Å². The van der Waals surface area contributed by atoms with E-state index in [4.69, 9.17) is 9.47 Å². The van der Waals surface area contributed by atoms with Gasteiger partial charge < -0.3 is 9.47 Å². The Balaban J connectivity index is 1.62. The van der Waals surface area contributed by atoms with Crippen molar-refractivity contribution in [1.29, 1.82) is 0 Å². The summed E-state index contributed by atoms with van der Waals surface area (Å²) in [5.41, 5.74) is 0.716. The van der Waals surface area contributed by atoms with Gasteiger partial charge in [0.15, 0.2) is 6.10 Å². The maximum Gasteiger partial charge on any atom is 0.417 e. The molecule has 0 aliphatic rings. The van der Waals surface area contributed by atoms with Crippen molar-refractivity contribution >= 4 is 5.78 Å². The number of alkyl halides is 3. The second kappa shape index (κ2) is 8.34. The Morgan fingerprint density at radius 2 is 1.69 bits per heavy atom. The van der Waals surface area contributed by atoms with Gasteiger partial charge >= 0.3 is 6.18 Å². The van der Waals surface area contributed by atoms with Crippen molar-refractivity contribution in [3.8, 4) is 17.4 Å². The van der Waals surface area contributed by atoms with E-state index in [9.17, 15) is 18.0 Å². The molecule has 0 aliphatic heterocycles. The highest BCUT2D eigenvalue weighted by Gasteiger charge is 2.30. The molecule has 29 heavy (non-hydrogen) atoms. The summed E-state index contributed by atoms with van der Waals surface area (Å²) in [7, 11) is 0. The van der Waals surface area contributed by atoms with E-state index in [-0.39, 0.29) is 11.7 Å². The Labute approximate surface area is 165 Å². The molecule has 0 saturated heterocycles. The van der Waals surface area contributed by atoms with Gasteiger partial charge in [0.05, 0.1) is 5.56 Å². The Morgan fingerprint density at radius 1 is 1.00 bits per heavy atom. The zero-order valence-electron chi connectivity index (χ0n) is 15.7. The van der Waals surface area contributed by atoms with Crippen LogP contribution in [0.25, 0.3) is 0 Å². The highest BCUT2D eigenvalue weighted by atomic mass is 19.4. The Morgan fingerprint density at radius 3 is 2.28 bits per heavy atom. The minimum absolute atomic E-state index is 0.0367. The van der Waals surface area contributed by atoms with Crippen LogP contribution in [0.15, 0.2) is 66.9 Å². The molecule has 0 bridgehead atoms. The van der Waals surface area contributed by atoms with Gasteiger partial charge in [-0.15, -0.1) is 0 Å². The van der Waals surface area contributed by atoms with Gasteiger partial charge in [0.25, 0.3) is 0 Å². The fourth-order valence-corrected chi connectivity index (χ4v) is 2.61. The molecule has 1 aromatic heterocycles. The number of ketones is 1. The number of pyridine rings is 1. The number of hydrogen-bond acceptors (Lipinski definition) is 4. The van der Waals surface area contributed by atoms with E-state index in [1.807, 2.05) is 19.1 Å². The summed E-state index contributed by atoms with van der Waals surface area (Å²) in [4.78, 5) is 16.1. The van der Waals surface area contributed by atoms with E-state index in [0.717, 1.165) is 17.7 Å². The van der Waals surface area contributed by atoms with Crippen molar-refractivity contribution < 1.29 is 27.4 Å². The fraction of sp³-hybridized carbons (Fsp3) is 0.182. The number of hydrogen-bond donors (Lipinski definition) is 0. The van der Waals surface area contributed by atoms with E-state index in [1.54, 1.807) is 43.3 Å². The van der Waals surface area contributed by atoms with Crippen molar-refractivity contribution in [2.75, 3.05) is 0 Å². The number of Topliss-reactive ketones (excluding diaryl/α,β-unsaturated/α-hetero) is 1. The lowest BCUT2D eigenvalue weighted by molar-refractivity contribution is -0.137. The van der Waals surface area contributed by atoms with E-state index in [0.29, 0.717) is 23.3 Å². The van der Waals surface area contributed by atoms with Crippen LogP contribution in [0.3, 0.4) is 0 Å². The van der Waals surface area contributed by atoms with Crippen LogP contribution in [0.1, 0.15) is 28.4 Å². The third kappa shape index (κ3) is 5.34. The van der Waals surface area contributed by atoms with Crippen LogP contribution in [-0.4, -0.2) is 16.9 Å². The summed E-state index contributed by atoms with van der Waals surface area (Å²) in [6, 6.07) is 15.7. The number of ether oxygens (including phenoxy) is 2. The molecule has 1 unspecified atom stereocenters. The first-order valence-corrected chi connectivity index (χ1v) is 8.81.